The summed E-state index contributed by atoms with van der Waals surface area (Å²) in [6.45, 7) is 6.33. The monoisotopic (exact) mass is 920 g/mol. The molecule has 322 valence electrons. The van der Waals surface area contributed by atoms with Gasteiger partial charge in [-0.05, 0) is 55.2 Å². The van der Waals surface area contributed by atoms with Gasteiger partial charge >= 0.3 is 0 Å². The molecule has 0 radical (unpaired) electrons. The lowest BCUT2D eigenvalue weighted by atomic mass is 10.1. The van der Waals surface area contributed by atoms with Gasteiger partial charge in [0.05, 0.1) is 22.8 Å². The summed E-state index contributed by atoms with van der Waals surface area (Å²) >= 11 is 0. The number of rotatable bonds is 14. The van der Waals surface area contributed by atoms with Gasteiger partial charge in [-0.2, -0.15) is 48.6 Å². The summed E-state index contributed by atoms with van der Waals surface area (Å²) in [6.07, 6.45) is 4.06. The molecule has 60 heavy (non-hydrogen) atoms. The fourth-order valence-corrected chi connectivity index (χ4v) is 8.08. The summed E-state index contributed by atoms with van der Waals surface area (Å²) in [4.78, 5) is 8.97. The summed E-state index contributed by atoms with van der Waals surface area (Å²) in [6, 6.07) is 1.61. The van der Waals surface area contributed by atoms with Gasteiger partial charge in [0.15, 0.2) is 21.4 Å². The van der Waals surface area contributed by atoms with Crippen LogP contribution in [-0.4, -0.2) is 107 Å². The molecule has 0 amide bonds. The smallest absolute Gasteiger partial charge is 0.300 e. The van der Waals surface area contributed by atoms with E-state index in [-0.39, 0.29) is 31.1 Å². The number of allylic oxidation sites excluding steroid dienone is 3. The Balaban J connectivity index is 1.83. The normalized spacial score (nSPS) is 14.9. The average Bonchev–Trinajstić information content (AvgIpc) is 3.08. The van der Waals surface area contributed by atoms with Crippen LogP contribution >= 0.6 is 0 Å². The Morgan fingerprint density at radius 2 is 1.38 bits per heavy atom. The summed E-state index contributed by atoms with van der Waals surface area (Å²) in [5.41, 5.74) is -2.95. The Morgan fingerprint density at radius 1 is 0.800 bits per heavy atom. The molecule has 0 aliphatic carbocycles. The van der Waals surface area contributed by atoms with Crippen molar-refractivity contribution < 1.29 is 76.0 Å². The molecule has 0 saturated heterocycles. The van der Waals surface area contributed by atoms with Gasteiger partial charge in [0, 0.05) is 36.9 Å². The molecule has 1 aliphatic rings. The minimum absolute atomic E-state index is 0.152. The van der Waals surface area contributed by atoms with E-state index in [0.29, 0.717) is 23.8 Å². The average molecular weight is 921 g/mol. The van der Waals surface area contributed by atoms with Crippen molar-refractivity contribution in [2.45, 2.75) is 45.6 Å². The molecule has 1 aromatic heterocycles. The molecular weight excluding hydrogens is 891 g/mol. The van der Waals surface area contributed by atoms with E-state index in [9.17, 15) is 71.6 Å². The topological polar surface area (TPSA) is 360 Å². The van der Waals surface area contributed by atoms with E-state index in [4.69, 9.17) is 0 Å². The number of phenols is 1. The van der Waals surface area contributed by atoms with Crippen molar-refractivity contribution >= 4 is 86.2 Å². The number of benzene rings is 3. The standard InChI is InChI=1S/C31H30F2N8O15S4/c1-14-4-6-40(7-5-14)30-35-29(36-31(37-30)41(12-15(2)42)13-16(3)43)34-20-10-18(57(45,46)47)8-17-9-22(58(48,49)50)25(26(44)23(17)20)39-38-21-11-19(32)27(59(51,52)53)24(33)28(21)60(54,55)56/h4-11,15-16,42-44H,1,12-13H2,2-3H3,(H,45,46,47)(H,48,49,50)(H,51,52,53)(H,54,55,56)(H,34,35,36,37). The van der Waals surface area contributed by atoms with Gasteiger partial charge in [-0.1, -0.05) is 6.58 Å². The molecule has 4 aromatic rings. The maximum Gasteiger partial charge on any atom is 0.300 e. The SMILES string of the molecule is C=C1C=CN(c2nc(Nc3cc(S(=O)(=O)O)cc4cc(S(=O)(=O)O)c(N=Nc5cc(F)c(S(=O)(=O)O)c(F)c5S(=O)(=O)O)c(O)c34)nc(N(CC(C)O)CC(C)O)n2)C=C1. The molecule has 2 atom stereocenters. The molecular formula is C31H30F2N8O15S4. The zero-order chi connectivity index (χ0) is 44.9. The molecule has 23 nitrogen and oxygen atoms in total. The van der Waals surface area contributed by atoms with E-state index >= 15 is 4.39 Å². The van der Waals surface area contributed by atoms with Gasteiger partial charge in [0.2, 0.25) is 17.8 Å². The largest absolute Gasteiger partial charge is 0.505 e. The lowest BCUT2D eigenvalue weighted by Gasteiger charge is -2.27. The molecule has 2 unspecified atom stereocenters. The zero-order valence-electron chi connectivity index (χ0n) is 30.3. The Bertz CT molecular complexity index is 2980. The fraction of sp³-hybridized carbons (Fsp3) is 0.194. The number of aliphatic hydroxyl groups is 2. The second kappa shape index (κ2) is 16.4. The maximum atomic E-state index is 15.1. The molecule has 0 saturated carbocycles. The second-order valence-corrected chi connectivity index (χ2v) is 18.2. The van der Waals surface area contributed by atoms with E-state index in [1.165, 1.54) is 36.0 Å². The highest BCUT2D eigenvalue weighted by Gasteiger charge is 2.33. The molecule has 1 aliphatic heterocycles. The molecule has 3 aromatic carbocycles. The number of halogens is 2. The van der Waals surface area contributed by atoms with Crippen LogP contribution in [0.3, 0.4) is 0 Å². The number of aromatic hydroxyl groups is 1. The number of anilines is 4. The van der Waals surface area contributed by atoms with E-state index < -0.39 is 123 Å². The highest BCUT2D eigenvalue weighted by atomic mass is 32.2. The summed E-state index contributed by atoms with van der Waals surface area (Å²) < 4.78 is 166. The predicted octanol–water partition coefficient (Wildman–Crippen LogP) is 3.13. The Hall–Kier alpha value is -5.63. The number of aliphatic hydroxyl groups excluding tert-OH is 2. The predicted molar refractivity (Wildman–Crippen MR) is 204 cm³/mol. The van der Waals surface area contributed by atoms with Crippen molar-refractivity contribution in [3.05, 3.63) is 72.6 Å². The van der Waals surface area contributed by atoms with E-state index in [1.807, 2.05) is 0 Å². The highest BCUT2D eigenvalue weighted by molar-refractivity contribution is 7.87. The van der Waals surface area contributed by atoms with Gasteiger partial charge in [0.1, 0.15) is 22.1 Å². The van der Waals surface area contributed by atoms with Crippen LogP contribution < -0.4 is 15.1 Å². The minimum Gasteiger partial charge on any atom is -0.505 e. The molecule has 0 spiro atoms. The van der Waals surface area contributed by atoms with Gasteiger partial charge in [-0.25, -0.2) is 8.78 Å². The van der Waals surface area contributed by atoms with Crippen molar-refractivity contribution in [3.63, 3.8) is 0 Å². The number of hydrogen-bond donors (Lipinski definition) is 8. The number of aromatic nitrogens is 3. The second-order valence-electron chi connectivity index (χ2n) is 12.7. The van der Waals surface area contributed by atoms with Crippen molar-refractivity contribution in [1.29, 1.82) is 0 Å². The third-order valence-electron chi connectivity index (χ3n) is 7.82. The van der Waals surface area contributed by atoms with Crippen LogP contribution in [0.5, 0.6) is 5.75 Å². The van der Waals surface area contributed by atoms with Gasteiger partial charge in [-0.15, -0.1) is 10.2 Å². The lowest BCUT2D eigenvalue weighted by molar-refractivity contribution is 0.177. The van der Waals surface area contributed by atoms with Crippen LogP contribution in [0.15, 0.2) is 90.8 Å². The first-order valence-corrected chi connectivity index (χ1v) is 22.0. The summed E-state index contributed by atoms with van der Waals surface area (Å²) in [5.74, 6) is -6.98. The van der Waals surface area contributed by atoms with Gasteiger partial charge in [-0.3, -0.25) is 23.1 Å². The number of azo groups is 1. The maximum absolute atomic E-state index is 15.1. The highest BCUT2D eigenvalue weighted by Crippen LogP contribution is 2.46. The summed E-state index contributed by atoms with van der Waals surface area (Å²) in [5, 5.41) is 39.8. The Kier molecular flexibility index (Phi) is 12.5. The van der Waals surface area contributed by atoms with E-state index in [0.717, 1.165) is 0 Å². The Morgan fingerprint density at radius 3 is 1.90 bits per heavy atom. The van der Waals surface area contributed by atoms with Crippen molar-refractivity contribution in [2.75, 3.05) is 28.2 Å². The van der Waals surface area contributed by atoms with Crippen LogP contribution in [-0.2, 0) is 40.5 Å². The minimum atomic E-state index is -5.91. The molecule has 5 rings (SSSR count). The van der Waals surface area contributed by atoms with E-state index in [1.54, 1.807) is 12.2 Å². The zero-order valence-corrected chi connectivity index (χ0v) is 33.6. The van der Waals surface area contributed by atoms with Crippen LogP contribution in [0.1, 0.15) is 13.8 Å². The number of nitrogens with one attached hydrogen (secondary N) is 1. The van der Waals surface area contributed by atoms with Gasteiger partial charge in [0.25, 0.3) is 40.5 Å². The van der Waals surface area contributed by atoms with E-state index in [2.05, 4.69) is 37.1 Å². The van der Waals surface area contributed by atoms with Crippen LogP contribution in [0.2, 0.25) is 0 Å². The molecule has 0 bridgehead atoms. The first-order valence-electron chi connectivity index (χ1n) is 16.2. The molecule has 0 fully saturated rings. The van der Waals surface area contributed by atoms with Crippen LogP contribution in [0, 0.1) is 11.6 Å². The molecule has 29 heteroatoms. The number of nitrogens with zero attached hydrogens (tertiary/aromatic N) is 7. The summed E-state index contributed by atoms with van der Waals surface area (Å²) in [7, 11) is -22.5. The van der Waals surface area contributed by atoms with Crippen molar-refractivity contribution in [1.82, 2.24) is 15.0 Å². The molecule has 8 N–H and O–H groups in total. The first kappa shape index (κ1) is 45.5. The lowest BCUT2D eigenvalue weighted by Crippen LogP contribution is -2.38. The molecule has 2 heterocycles. The first-order chi connectivity index (χ1) is 27.6. The number of phenolic OH excluding ortho intramolecular Hbond substituents is 1. The fourth-order valence-electron chi connectivity index (χ4n) is 5.49. The number of fused-ring (bicyclic) bond motifs is 1. The van der Waals surface area contributed by atoms with Gasteiger partial charge < -0.3 is 25.5 Å². The van der Waals surface area contributed by atoms with Crippen LogP contribution in [0.25, 0.3) is 10.8 Å². The van der Waals surface area contributed by atoms with Crippen molar-refractivity contribution in [2.24, 2.45) is 10.2 Å². The quantitative estimate of drug-likeness (QED) is 0.0665. The van der Waals surface area contributed by atoms with Crippen molar-refractivity contribution in [3.8, 4) is 5.75 Å². The Labute approximate surface area is 338 Å². The third-order valence-corrected chi connectivity index (χ3v) is 11.3. The number of hydrogen-bond acceptors (Lipinski definition) is 19. The third kappa shape index (κ3) is 10.0. The van der Waals surface area contributed by atoms with Crippen LogP contribution in [0.4, 0.5) is 43.7 Å².